The molecule has 90 valence electrons. The van der Waals surface area contributed by atoms with Gasteiger partial charge in [0.15, 0.2) is 0 Å². The van der Waals surface area contributed by atoms with E-state index in [-0.39, 0.29) is 5.54 Å². The van der Waals surface area contributed by atoms with Crippen LogP contribution in [0.5, 0.6) is 0 Å². The summed E-state index contributed by atoms with van der Waals surface area (Å²) in [7, 11) is 0. The highest BCUT2D eigenvalue weighted by atomic mass is 15.3. The van der Waals surface area contributed by atoms with Crippen molar-refractivity contribution in [2.24, 2.45) is 5.92 Å². The molecule has 1 aromatic heterocycles. The van der Waals surface area contributed by atoms with E-state index in [4.69, 9.17) is 0 Å². The van der Waals surface area contributed by atoms with E-state index < -0.39 is 0 Å². The Morgan fingerprint density at radius 3 is 2.94 bits per heavy atom. The van der Waals surface area contributed by atoms with E-state index in [1.54, 1.807) is 6.33 Å². The molecule has 0 spiro atoms. The standard InChI is InChI=1S/C12H22N4/c1-4-16-11(13-9-15-16)8-12(10(2)3)6-5-7-14-12/h9-10,14H,4-8H2,1-3H3. The Balaban J connectivity index is 2.18. The molecule has 0 bridgehead atoms. The van der Waals surface area contributed by atoms with Gasteiger partial charge in [0.1, 0.15) is 12.2 Å². The van der Waals surface area contributed by atoms with Crippen LogP contribution < -0.4 is 5.32 Å². The van der Waals surface area contributed by atoms with E-state index in [2.05, 4.69) is 36.2 Å². The second-order valence-corrected chi connectivity index (χ2v) is 5.01. The van der Waals surface area contributed by atoms with E-state index in [1.807, 2.05) is 4.68 Å². The molecule has 2 heterocycles. The quantitative estimate of drug-likeness (QED) is 0.842. The Hall–Kier alpha value is -0.900. The lowest BCUT2D eigenvalue weighted by Gasteiger charge is -2.33. The van der Waals surface area contributed by atoms with Gasteiger partial charge in [-0.2, -0.15) is 5.10 Å². The van der Waals surface area contributed by atoms with Gasteiger partial charge in [-0.15, -0.1) is 0 Å². The molecular formula is C12H22N4. The number of hydrogen-bond acceptors (Lipinski definition) is 3. The van der Waals surface area contributed by atoms with Crippen LogP contribution in [0.25, 0.3) is 0 Å². The van der Waals surface area contributed by atoms with Crippen LogP contribution in [0.2, 0.25) is 0 Å². The van der Waals surface area contributed by atoms with Crippen molar-refractivity contribution in [3.8, 4) is 0 Å². The first-order valence-corrected chi connectivity index (χ1v) is 6.29. The number of rotatable bonds is 4. The van der Waals surface area contributed by atoms with Gasteiger partial charge in [-0.3, -0.25) is 4.68 Å². The maximum absolute atomic E-state index is 4.39. The first kappa shape index (κ1) is 11.6. The van der Waals surface area contributed by atoms with Crippen molar-refractivity contribution in [3.05, 3.63) is 12.2 Å². The highest BCUT2D eigenvalue weighted by molar-refractivity contribution is 5.03. The molecule has 0 aromatic carbocycles. The third kappa shape index (κ3) is 1.98. The van der Waals surface area contributed by atoms with Crippen LogP contribution in [0.4, 0.5) is 0 Å². The molecule has 1 atom stereocenters. The third-order valence-corrected chi connectivity index (χ3v) is 3.85. The summed E-state index contributed by atoms with van der Waals surface area (Å²) in [6, 6.07) is 0. The fourth-order valence-corrected chi connectivity index (χ4v) is 2.65. The van der Waals surface area contributed by atoms with E-state index in [0.717, 1.165) is 25.3 Å². The molecule has 4 nitrogen and oxygen atoms in total. The summed E-state index contributed by atoms with van der Waals surface area (Å²) in [4.78, 5) is 4.39. The van der Waals surface area contributed by atoms with Gasteiger partial charge < -0.3 is 5.32 Å². The predicted octanol–water partition coefficient (Wildman–Crippen LogP) is 1.62. The summed E-state index contributed by atoms with van der Waals surface area (Å²) < 4.78 is 2.00. The maximum atomic E-state index is 4.39. The second-order valence-electron chi connectivity index (χ2n) is 5.01. The average Bonchev–Trinajstić information content (AvgIpc) is 2.88. The lowest BCUT2D eigenvalue weighted by Crippen LogP contribution is -2.47. The van der Waals surface area contributed by atoms with Gasteiger partial charge in [0, 0.05) is 18.5 Å². The van der Waals surface area contributed by atoms with Crippen LogP contribution in [0.15, 0.2) is 6.33 Å². The largest absolute Gasteiger partial charge is 0.311 e. The highest BCUT2D eigenvalue weighted by Gasteiger charge is 2.37. The van der Waals surface area contributed by atoms with Crippen LogP contribution in [0.1, 0.15) is 39.4 Å². The van der Waals surface area contributed by atoms with Crippen molar-refractivity contribution in [2.45, 2.75) is 52.1 Å². The second kappa shape index (κ2) is 4.53. The van der Waals surface area contributed by atoms with Crippen LogP contribution in [0.3, 0.4) is 0 Å². The molecular weight excluding hydrogens is 200 g/mol. The molecule has 1 fully saturated rings. The summed E-state index contributed by atoms with van der Waals surface area (Å²) in [5.41, 5.74) is 0.236. The normalized spacial score (nSPS) is 25.5. The molecule has 1 aromatic rings. The van der Waals surface area contributed by atoms with Crippen molar-refractivity contribution in [1.82, 2.24) is 20.1 Å². The van der Waals surface area contributed by atoms with Crippen molar-refractivity contribution < 1.29 is 0 Å². The van der Waals surface area contributed by atoms with Crippen molar-refractivity contribution >= 4 is 0 Å². The molecule has 0 amide bonds. The van der Waals surface area contributed by atoms with Gasteiger partial charge in [0.05, 0.1) is 0 Å². The van der Waals surface area contributed by atoms with Gasteiger partial charge in [-0.25, -0.2) is 4.98 Å². The van der Waals surface area contributed by atoms with Crippen LogP contribution >= 0.6 is 0 Å². The van der Waals surface area contributed by atoms with Gasteiger partial charge in [-0.05, 0) is 32.2 Å². The maximum Gasteiger partial charge on any atom is 0.138 e. The molecule has 1 saturated heterocycles. The molecule has 0 saturated carbocycles. The topological polar surface area (TPSA) is 42.7 Å². The summed E-state index contributed by atoms with van der Waals surface area (Å²) in [5.74, 6) is 1.75. The zero-order valence-corrected chi connectivity index (χ0v) is 10.5. The summed E-state index contributed by atoms with van der Waals surface area (Å²) in [6.45, 7) is 8.75. The van der Waals surface area contributed by atoms with Crippen LogP contribution in [-0.2, 0) is 13.0 Å². The monoisotopic (exact) mass is 222 g/mol. The molecule has 1 unspecified atom stereocenters. The van der Waals surface area contributed by atoms with Crippen molar-refractivity contribution in [3.63, 3.8) is 0 Å². The summed E-state index contributed by atoms with van der Waals surface area (Å²) >= 11 is 0. The number of nitrogens with zero attached hydrogens (tertiary/aromatic N) is 3. The minimum Gasteiger partial charge on any atom is -0.311 e. The van der Waals surface area contributed by atoms with E-state index in [0.29, 0.717) is 5.92 Å². The zero-order chi connectivity index (χ0) is 11.6. The predicted molar refractivity (Wildman–Crippen MR) is 64.2 cm³/mol. The summed E-state index contributed by atoms with van der Waals surface area (Å²) in [5, 5.41) is 7.92. The first-order chi connectivity index (χ1) is 7.68. The Morgan fingerprint density at radius 1 is 1.56 bits per heavy atom. The van der Waals surface area contributed by atoms with Gasteiger partial charge in [-0.1, -0.05) is 13.8 Å². The molecule has 1 aliphatic heterocycles. The highest BCUT2D eigenvalue weighted by Crippen LogP contribution is 2.30. The minimum absolute atomic E-state index is 0.236. The summed E-state index contributed by atoms with van der Waals surface area (Å²) in [6.07, 6.45) is 5.19. The van der Waals surface area contributed by atoms with Crippen molar-refractivity contribution in [2.75, 3.05) is 6.54 Å². The molecule has 16 heavy (non-hydrogen) atoms. The van der Waals surface area contributed by atoms with Crippen LogP contribution in [-0.4, -0.2) is 26.8 Å². The van der Waals surface area contributed by atoms with Crippen molar-refractivity contribution in [1.29, 1.82) is 0 Å². The molecule has 0 aliphatic carbocycles. The number of nitrogens with one attached hydrogen (secondary N) is 1. The first-order valence-electron chi connectivity index (χ1n) is 6.29. The van der Waals surface area contributed by atoms with Gasteiger partial charge >= 0.3 is 0 Å². The SMILES string of the molecule is CCn1ncnc1CC1(C(C)C)CCCN1. The smallest absolute Gasteiger partial charge is 0.138 e. The minimum atomic E-state index is 0.236. The Kier molecular flexibility index (Phi) is 3.28. The molecule has 1 aliphatic rings. The van der Waals surface area contributed by atoms with Gasteiger partial charge in [0.25, 0.3) is 0 Å². The molecule has 0 radical (unpaired) electrons. The Labute approximate surface area is 97.5 Å². The lowest BCUT2D eigenvalue weighted by atomic mass is 9.82. The third-order valence-electron chi connectivity index (χ3n) is 3.85. The van der Waals surface area contributed by atoms with E-state index >= 15 is 0 Å². The fraction of sp³-hybridized carbons (Fsp3) is 0.833. The molecule has 4 heteroatoms. The Bertz CT molecular complexity index is 337. The number of aryl methyl sites for hydroxylation is 1. The van der Waals surface area contributed by atoms with E-state index in [1.165, 1.54) is 12.8 Å². The number of hydrogen-bond donors (Lipinski definition) is 1. The fourth-order valence-electron chi connectivity index (χ4n) is 2.65. The van der Waals surface area contributed by atoms with E-state index in [9.17, 15) is 0 Å². The van der Waals surface area contributed by atoms with Gasteiger partial charge in [0.2, 0.25) is 0 Å². The molecule has 1 N–H and O–H groups in total. The Morgan fingerprint density at radius 2 is 2.38 bits per heavy atom. The van der Waals surface area contributed by atoms with Crippen LogP contribution in [0, 0.1) is 5.92 Å². The lowest BCUT2D eigenvalue weighted by molar-refractivity contribution is 0.261. The zero-order valence-electron chi connectivity index (χ0n) is 10.5. The molecule has 2 rings (SSSR count). The number of aromatic nitrogens is 3. The average molecular weight is 222 g/mol.